The summed E-state index contributed by atoms with van der Waals surface area (Å²) in [4.78, 5) is 23.9. The molecule has 1 saturated heterocycles. The minimum Gasteiger partial charge on any atom is -0.481 e. The number of carboxylic acids is 1. The molecule has 0 aromatic carbocycles. The van der Waals surface area contributed by atoms with E-state index < -0.39 is 43.1 Å². The predicted molar refractivity (Wildman–Crippen MR) is 67.6 cm³/mol. The second-order valence-corrected chi connectivity index (χ2v) is 5.84. The number of carboxylic acid groups (broad SMARTS) is 1. The number of urea groups is 1. The number of likely N-dealkylation sites (tertiary alicyclic amines) is 1. The van der Waals surface area contributed by atoms with Crippen molar-refractivity contribution in [3.8, 4) is 0 Å². The van der Waals surface area contributed by atoms with Crippen LogP contribution < -0.4 is 5.32 Å². The lowest BCUT2D eigenvalue weighted by molar-refractivity contribution is -0.187. The van der Waals surface area contributed by atoms with Crippen molar-refractivity contribution in [2.45, 2.75) is 38.4 Å². The number of carbonyl (C=O) groups is 2. The zero-order chi connectivity index (χ0) is 15.8. The number of aliphatic carboxylic acids is 1. The lowest BCUT2D eigenvalue weighted by atomic mass is 9.96. The van der Waals surface area contributed by atoms with Crippen LogP contribution >= 0.6 is 0 Å². The van der Waals surface area contributed by atoms with Crippen molar-refractivity contribution in [2.75, 3.05) is 13.1 Å². The van der Waals surface area contributed by atoms with E-state index in [0.717, 1.165) is 24.2 Å². The van der Waals surface area contributed by atoms with Crippen LogP contribution in [0.2, 0.25) is 0 Å². The Labute approximate surface area is 120 Å². The second kappa shape index (κ2) is 5.73. The summed E-state index contributed by atoms with van der Waals surface area (Å²) in [5.41, 5.74) is 0. The van der Waals surface area contributed by atoms with Crippen LogP contribution in [-0.2, 0) is 4.79 Å². The molecule has 0 bridgehead atoms. The highest BCUT2D eigenvalue weighted by Crippen LogP contribution is 2.38. The number of alkyl halides is 3. The van der Waals surface area contributed by atoms with E-state index in [1.807, 2.05) is 6.92 Å². The van der Waals surface area contributed by atoms with E-state index in [4.69, 9.17) is 5.11 Å². The van der Waals surface area contributed by atoms with Gasteiger partial charge in [-0.1, -0.05) is 13.3 Å². The molecule has 1 saturated carbocycles. The Hall–Kier alpha value is -1.47. The molecular weight excluding hydrogens is 289 g/mol. The second-order valence-electron chi connectivity index (χ2n) is 5.84. The third-order valence-corrected chi connectivity index (χ3v) is 4.24. The minimum atomic E-state index is -4.61. The highest BCUT2D eigenvalue weighted by Gasteiger charge is 2.54. The summed E-state index contributed by atoms with van der Waals surface area (Å²) in [6, 6.07) is -0.567. The van der Waals surface area contributed by atoms with Gasteiger partial charge < -0.3 is 15.3 Å². The van der Waals surface area contributed by atoms with Gasteiger partial charge in [0.15, 0.2) is 0 Å². The largest absolute Gasteiger partial charge is 0.481 e. The fraction of sp³-hybridized carbons (Fsp3) is 0.846. The molecule has 2 N–H and O–H groups in total. The van der Waals surface area contributed by atoms with Gasteiger partial charge in [-0.25, -0.2) is 4.79 Å². The molecular formula is C13H19F3N2O3. The van der Waals surface area contributed by atoms with Gasteiger partial charge in [0.2, 0.25) is 0 Å². The molecule has 1 aliphatic heterocycles. The SMILES string of the molecule is CCC[C@@H]1C[C@H]1NC(=O)N1C[C@@H](C(F)(F)F)[C@H](C(=O)O)C1. The van der Waals surface area contributed by atoms with Crippen molar-refractivity contribution < 1.29 is 27.9 Å². The summed E-state index contributed by atoms with van der Waals surface area (Å²) < 4.78 is 38.5. The Balaban J connectivity index is 1.93. The first-order valence-corrected chi connectivity index (χ1v) is 7.09. The average molecular weight is 308 g/mol. The molecule has 4 atom stereocenters. The van der Waals surface area contributed by atoms with Crippen molar-refractivity contribution in [1.82, 2.24) is 10.2 Å². The lowest BCUT2D eigenvalue weighted by Crippen LogP contribution is -2.41. The van der Waals surface area contributed by atoms with Gasteiger partial charge in [0.1, 0.15) is 0 Å². The molecule has 1 aliphatic carbocycles. The quantitative estimate of drug-likeness (QED) is 0.835. The summed E-state index contributed by atoms with van der Waals surface area (Å²) >= 11 is 0. The van der Waals surface area contributed by atoms with Gasteiger partial charge in [-0.2, -0.15) is 13.2 Å². The van der Waals surface area contributed by atoms with E-state index >= 15 is 0 Å². The molecule has 0 spiro atoms. The summed E-state index contributed by atoms with van der Waals surface area (Å²) in [6.45, 7) is 1.05. The Morgan fingerprint density at radius 3 is 2.48 bits per heavy atom. The van der Waals surface area contributed by atoms with Gasteiger partial charge in [-0.05, 0) is 18.8 Å². The van der Waals surface area contributed by atoms with Gasteiger partial charge in [-0.15, -0.1) is 0 Å². The first kappa shape index (κ1) is 15.9. The van der Waals surface area contributed by atoms with E-state index in [1.54, 1.807) is 0 Å². The molecule has 21 heavy (non-hydrogen) atoms. The molecule has 0 aromatic rings. The fourth-order valence-electron chi connectivity index (χ4n) is 2.92. The number of hydrogen-bond donors (Lipinski definition) is 2. The highest BCUT2D eigenvalue weighted by atomic mass is 19.4. The number of carbonyl (C=O) groups excluding carboxylic acids is 1. The van der Waals surface area contributed by atoms with Crippen LogP contribution in [-0.4, -0.2) is 47.3 Å². The standard InChI is InChI=1S/C13H19F3N2O3/c1-2-3-7-4-10(7)17-12(21)18-5-8(11(19)20)9(6-18)13(14,15)16/h7-10H,2-6H2,1H3,(H,17,21)(H,19,20)/t7-,8-,9-,10-/m1/s1. The first-order valence-electron chi connectivity index (χ1n) is 7.09. The summed E-state index contributed by atoms with van der Waals surface area (Å²) in [5, 5.41) is 11.6. The summed E-state index contributed by atoms with van der Waals surface area (Å²) in [7, 11) is 0. The number of nitrogens with zero attached hydrogens (tertiary/aromatic N) is 1. The van der Waals surface area contributed by atoms with Gasteiger partial charge in [0.25, 0.3) is 0 Å². The van der Waals surface area contributed by atoms with Crippen LogP contribution in [0.15, 0.2) is 0 Å². The van der Waals surface area contributed by atoms with E-state index in [1.165, 1.54) is 0 Å². The zero-order valence-electron chi connectivity index (χ0n) is 11.7. The molecule has 1 heterocycles. The molecule has 0 aromatic heterocycles. The Kier molecular flexibility index (Phi) is 4.34. The molecule has 0 unspecified atom stereocenters. The van der Waals surface area contributed by atoms with Gasteiger partial charge in [-0.3, -0.25) is 4.79 Å². The van der Waals surface area contributed by atoms with Crippen LogP contribution in [0.1, 0.15) is 26.2 Å². The third-order valence-electron chi connectivity index (χ3n) is 4.24. The lowest BCUT2D eigenvalue weighted by Gasteiger charge is -2.18. The van der Waals surface area contributed by atoms with E-state index in [2.05, 4.69) is 5.32 Å². The van der Waals surface area contributed by atoms with Crippen molar-refractivity contribution >= 4 is 12.0 Å². The van der Waals surface area contributed by atoms with E-state index in [9.17, 15) is 22.8 Å². The number of halogens is 3. The maximum Gasteiger partial charge on any atom is 0.394 e. The van der Waals surface area contributed by atoms with Crippen molar-refractivity contribution in [2.24, 2.45) is 17.8 Å². The normalized spacial score (nSPS) is 32.1. The smallest absolute Gasteiger partial charge is 0.394 e. The van der Waals surface area contributed by atoms with Gasteiger partial charge >= 0.3 is 18.2 Å². The van der Waals surface area contributed by atoms with Gasteiger partial charge in [0, 0.05) is 19.1 Å². The van der Waals surface area contributed by atoms with E-state index in [-0.39, 0.29) is 6.04 Å². The monoisotopic (exact) mass is 308 g/mol. The van der Waals surface area contributed by atoms with Crippen LogP contribution in [0.4, 0.5) is 18.0 Å². The number of amides is 2. The van der Waals surface area contributed by atoms with Crippen molar-refractivity contribution in [1.29, 1.82) is 0 Å². The predicted octanol–water partition coefficient (Wildman–Crippen LogP) is 2.08. The van der Waals surface area contributed by atoms with Gasteiger partial charge in [0.05, 0.1) is 11.8 Å². The molecule has 0 radical (unpaired) electrons. The average Bonchev–Trinajstić information content (AvgIpc) is 2.92. The zero-order valence-corrected chi connectivity index (χ0v) is 11.7. The Morgan fingerprint density at radius 1 is 1.33 bits per heavy atom. The Morgan fingerprint density at radius 2 is 2.00 bits per heavy atom. The summed E-state index contributed by atoms with van der Waals surface area (Å²) in [6.07, 6.45) is -1.78. The molecule has 120 valence electrons. The summed E-state index contributed by atoms with van der Waals surface area (Å²) in [5.74, 6) is -4.69. The fourth-order valence-corrected chi connectivity index (χ4v) is 2.92. The molecule has 8 heteroatoms. The first-order chi connectivity index (χ1) is 9.74. The van der Waals surface area contributed by atoms with Crippen molar-refractivity contribution in [3.63, 3.8) is 0 Å². The topological polar surface area (TPSA) is 69.6 Å². The molecule has 5 nitrogen and oxygen atoms in total. The molecule has 2 rings (SSSR count). The maximum absolute atomic E-state index is 12.8. The van der Waals surface area contributed by atoms with Crippen LogP contribution in [0.25, 0.3) is 0 Å². The maximum atomic E-state index is 12.8. The van der Waals surface area contributed by atoms with Crippen LogP contribution in [0.3, 0.4) is 0 Å². The molecule has 2 fully saturated rings. The highest BCUT2D eigenvalue weighted by molar-refractivity contribution is 5.78. The third kappa shape index (κ3) is 3.59. The molecule has 2 amide bonds. The van der Waals surface area contributed by atoms with Crippen molar-refractivity contribution in [3.05, 3.63) is 0 Å². The number of hydrogen-bond acceptors (Lipinski definition) is 2. The Bertz CT molecular complexity index is 427. The number of rotatable bonds is 4. The minimum absolute atomic E-state index is 0.0191. The molecule has 2 aliphatic rings. The van der Waals surface area contributed by atoms with Crippen LogP contribution in [0, 0.1) is 17.8 Å². The van der Waals surface area contributed by atoms with Crippen LogP contribution in [0.5, 0.6) is 0 Å². The number of nitrogens with one attached hydrogen (secondary N) is 1. The van der Waals surface area contributed by atoms with E-state index in [0.29, 0.717) is 5.92 Å².